The van der Waals surface area contributed by atoms with E-state index in [1.165, 1.54) is 29.2 Å². The molecule has 1 saturated carbocycles. The first-order valence-electron chi connectivity index (χ1n) is 27.9. The number of anilines is 3. The number of carbonyl (C=O) groups is 13. The number of aliphatic carboxylic acids is 3. The Balaban J connectivity index is 1.51. The summed E-state index contributed by atoms with van der Waals surface area (Å²) in [4.78, 5) is 177. The number of carbonyl (C=O) groups excluding carboxylic acids is 10. The van der Waals surface area contributed by atoms with Crippen LogP contribution in [0.5, 0.6) is 0 Å². The number of nitrogens with one attached hydrogen (secondary N) is 6. The van der Waals surface area contributed by atoms with Gasteiger partial charge in [0.1, 0.15) is 30.8 Å². The molecule has 1 fully saturated rings. The lowest BCUT2D eigenvalue weighted by molar-refractivity contribution is -0.143. The fourth-order valence-corrected chi connectivity index (χ4v) is 9.73. The van der Waals surface area contributed by atoms with Crippen LogP contribution >= 0.6 is 12.6 Å². The molecule has 470 valence electrons. The van der Waals surface area contributed by atoms with Crippen LogP contribution in [0.1, 0.15) is 115 Å². The quantitative estimate of drug-likeness (QED) is 0.0112. The maximum Gasteiger partial charge on any atom is 0.327 e. The first kappa shape index (κ1) is 69.8. The third kappa shape index (κ3) is 22.1. The number of hydrogen-bond donors (Lipinski definition) is 13. The van der Waals surface area contributed by atoms with Crippen molar-refractivity contribution in [2.45, 2.75) is 147 Å². The Bertz CT molecular complexity index is 2840. The van der Waals surface area contributed by atoms with Crippen LogP contribution in [0.2, 0.25) is 0 Å². The molecule has 0 aromatic heterocycles. The Labute approximate surface area is 501 Å². The molecule has 0 unspecified atom stereocenters. The SMILES string of the molecule is CC(C)(C)C(=O)CN1C(=O)[C@H](NC(=O)Nc2cccc(C(=O)C[C@@H](CCC(=O)O)C(=O)N[C@@H](CCCN=C(N)N)C(=O)N[C@H](CC(=O)O)C(=O)CC[C@H](N)C(=O)N[C@@H](COC=O)C(=O)N[C@@H](CS)C(=O)O)c2)CN(C2CCCCC2)c2ccccc21. The van der Waals surface area contributed by atoms with Gasteiger partial charge in [-0.15, -0.1) is 0 Å². The number of nitrogens with two attached hydrogens (primary N) is 3. The van der Waals surface area contributed by atoms with Gasteiger partial charge in [-0.3, -0.25) is 57.7 Å². The summed E-state index contributed by atoms with van der Waals surface area (Å²) in [6, 6.07) is 2.92. The van der Waals surface area contributed by atoms with Crippen LogP contribution in [0.3, 0.4) is 0 Å². The molecule has 15 N–H and O–H groups in total. The zero-order valence-corrected chi connectivity index (χ0v) is 49.0. The number of benzene rings is 2. The van der Waals surface area contributed by atoms with E-state index >= 15 is 0 Å². The van der Waals surface area contributed by atoms with Crippen LogP contribution in [-0.4, -0.2) is 173 Å². The number of thiol groups is 1. The van der Waals surface area contributed by atoms with Gasteiger partial charge >= 0.3 is 23.9 Å². The normalized spacial score (nSPS) is 16.3. The van der Waals surface area contributed by atoms with E-state index in [1.54, 1.807) is 32.9 Å². The van der Waals surface area contributed by atoms with Gasteiger partial charge in [0.25, 0.3) is 12.4 Å². The number of hydrogen-bond acceptors (Lipinski definition) is 18. The number of carboxylic acid groups (broad SMARTS) is 3. The predicted octanol–water partition coefficient (Wildman–Crippen LogP) is 0.363. The second-order valence-corrected chi connectivity index (χ2v) is 22.2. The van der Waals surface area contributed by atoms with Crippen molar-refractivity contribution in [3.63, 3.8) is 0 Å². The van der Waals surface area contributed by atoms with Crippen LogP contribution < -0.4 is 58.9 Å². The number of rotatable bonds is 34. The van der Waals surface area contributed by atoms with E-state index in [9.17, 15) is 77.6 Å². The molecule has 1 heterocycles. The standard InChI is InChI=1S/C56H78N12O17S/c1-56(2,3)45(72)27-68-42-17-8-7-16-41(42)67(34-13-5-4-6-14-34)26-38(52(68)81)66-55(84)61-33-12-9-11-31(23-33)44(71)24-32(18-21-46(73)74)48(77)62-36(15-10-22-60-54(58)59)50(79)63-37(25-47(75)76)43(70)20-19-35(57)49(78)64-39(28-85-30-69)51(80)65-40(29-86)53(82)83/h7-9,11-12,16-17,23,30,32,34-40,86H,4-6,10,13-15,18-22,24-29,57H2,1-3H3,(H,62,77)(H,63,79)(H,64,78)(H,65,80)(H,73,74)(H,75,76)(H,82,83)(H4,58,59,60)(H2,61,66,84)/t32-,35+,36+,37-,38-,39+,40+/m1/s1. The van der Waals surface area contributed by atoms with Gasteiger partial charge in [-0.1, -0.05) is 64.3 Å². The lowest BCUT2D eigenvalue weighted by atomic mass is 9.90. The molecular formula is C56H78N12O17S. The first-order valence-corrected chi connectivity index (χ1v) is 28.6. The Morgan fingerprint density at radius 3 is 2.02 bits per heavy atom. The van der Waals surface area contributed by atoms with Crippen LogP contribution in [0, 0.1) is 11.3 Å². The topological polar surface area (TPSA) is 461 Å². The Morgan fingerprint density at radius 2 is 1.41 bits per heavy atom. The van der Waals surface area contributed by atoms with E-state index in [2.05, 4.69) is 59.2 Å². The molecule has 0 radical (unpaired) electrons. The molecule has 2 aromatic rings. The minimum Gasteiger partial charge on any atom is -0.481 e. The number of para-hydroxylation sites is 2. The molecule has 29 nitrogen and oxygen atoms in total. The third-order valence-electron chi connectivity index (χ3n) is 14.3. The monoisotopic (exact) mass is 1220 g/mol. The summed E-state index contributed by atoms with van der Waals surface area (Å²) in [7, 11) is 0. The highest BCUT2D eigenvalue weighted by Crippen LogP contribution is 2.38. The van der Waals surface area contributed by atoms with E-state index in [1.807, 2.05) is 12.1 Å². The first-order chi connectivity index (χ1) is 40.6. The largest absolute Gasteiger partial charge is 0.481 e. The number of fused-ring (bicyclic) bond motifs is 1. The number of nitrogens with zero attached hydrogens (tertiary/aromatic N) is 3. The summed E-state index contributed by atoms with van der Waals surface area (Å²) in [6.45, 7) is 4.25. The van der Waals surface area contributed by atoms with Crippen LogP contribution in [-0.2, 0) is 57.5 Å². The van der Waals surface area contributed by atoms with Gasteiger partial charge in [-0.2, -0.15) is 12.6 Å². The predicted molar refractivity (Wildman–Crippen MR) is 315 cm³/mol. The number of guanidine groups is 1. The molecule has 86 heavy (non-hydrogen) atoms. The Morgan fingerprint density at radius 1 is 0.767 bits per heavy atom. The summed E-state index contributed by atoms with van der Waals surface area (Å²) in [5, 5.41) is 43.2. The molecule has 4 rings (SSSR count). The zero-order chi connectivity index (χ0) is 63.8. The third-order valence-corrected chi connectivity index (χ3v) is 14.7. The van der Waals surface area contributed by atoms with Crippen molar-refractivity contribution in [1.29, 1.82) is 0 Å². The minimum atomic E-state index is -1.80. The fraction of sp³-hybridized carbons (Fsp3) is 0.536. The van der Waals surface area contributed by atoms with Crippen molar-refractivity contribution in [1.82, 2.24) is 26.6 Å². The zero-order valence-electron chi connectivity index (χ0n) is 48.1. The van der Waals surface area contributed by atoms with Crippen LogP contribution in [0.15, 0.2) is 53.5 Å². The smallest absolute Gasteiger partial charge is 0.327 e. The van der Waals surface area contributed by atoms with Crippen molar-refractivity contribution in [3.05, 3.63) is 54.1 Å². The van der Waals surface area contributed by atoms with Crippen molar-refractivity contribution >= 4 is 113 Å². The number of Topliss-reactive ketones (excluding diaryl/α,β-unsaturated/α-hetero) is 3. The van der Waals surface area contributed by atoms with Crippen LogP contribution in [0.25, 0.3) is 0 Å². The molecule has 0 spiro atoms. The highest BCUT2D eigenvalue weighted by atomic mass is 32.1. The second-order valence-electron chi connectivity index (χ2n) is 21.9. The average Bonchev–Trinajstić information content (AvgIpc) is 1.81. The van der Waals surface area contributed by atoms with E-state index in [4.69, 9.17) is 17.2 Å². The molecule has 2 aromatic carbocycles. The molecule has 1 aliphatic heterocycles. The minimum absolute atomic E-state index is 0.00282. The molecule has 2 aliphatic rings. The van der Waals surface area contributed by atoms with Gasteiger partial charge in [-0.05, 0) is 62.8 Å². The van der Waals surface area contributed by atoms with Gasteiger partial charge in [0, 0.05) is 66.7 Å². The molecule has 0 saturated heterocycles. The summed E-state index contributed by atoms with van der Waals surface area (Å²) >= 11 is 3.85. The molecule has 30 heteroatoms. The maximum atomic E-state index is 14.5. The average molecular weight is 1220 g/mol. The van der Waals surface area contributed by atoms with Crippen LogP contribution in [0.4, 0.5) is 21.9 Å². The number of aliphatic imine (C=N–C) groups is 1. The van der Waals surface area contributed by atoms with Crippen molar-refractivity contribution < 1.29 is 82.4 Å². The van der Waals surface area contributed by atoms with Gasteiger partial charge in [0.2, 0.25) is 23.6 Å². The molecule has 0 bridgehead atoms. The number of amides is 7. The maximum absolute atomic E-state index is 14.5. The van der Waals surface area contributed by atoms with Gasteiger partial charge in [-0.25, -0.2) is 9.59 Å². The van der Waals surface area contributed by atoms with Gasteiger partial charge in [0.05, 0.1) is 36.4 Å². The lowest BCUT2D eigenvalue weighted by Crippen LogP contribution is -2.56. The number of urea groups is 1. The second kappa shape index (κ2) is 33.7. The van der Waals surface area contributed by atoms with Gasteiger partial charge < -0.3 is 79.0 Å². The molecular weight excluding hydrogens is 1140 g/mol. The lowest BCUT2D eigenvalue weighted by Gasteiger charge is -2.37. The van der Waals surface area contributed by atoms with E-state index < -0.39 is 158 Å². The van der Waals surface area contributed by atoms with Crippen molar-refractivity contribution in [3.8, 4) is 0 Å². The number of ether oxygens (including phenoxy) is 1. The van der Waals surface area contributed by atoms with Crippen molar-refractivity contribution in [2.24, 2.45) is 33.5 Å². The van der Waals surface area contributed by atoms with Gasteiger partial charge in [0.15, 0.2) is 23.3 Å². The Kier molecular flexibility index (Phi) is 27.4. The summed E-state index contributed by atoms with van der Waals surface area (Å²) in [5.74, 6) is -13.0. The molecule has 7 amide bonds. The fourth-order valence-electron chi connectivity index (χ4n) is 9.48. The summed E-state index contributed by atoms with van der Waals surface area (Å²) < 4.78 is 4.58. The summed E-state index contributed by atoms with van der Waals surface area (Å²) in [6.07, 6.45) is 0.662. The van der Waals surface area contributed by atoms with Crippen molar-refractivity contribution in [2.75, 3.05) is 47.1 Å². The molecule has 1 aliphatic carbocycles. The highest BCUT2D eigenvalue weighted by Gasteiger charge is 2.40. The summed E-state index contributed by atoms with van der Waals surface area (Å²) in [5.41, 5.74) is 17.5. The van der Waals surface area contributed by atoms with E-state index in [-0.39, 0.29) is 73.7 Å². The Hall–Kier alpha value is -8.67. The molecule has 7 atom stereocenters. The van der Waals surface area contributed by atoms with E-state index in [0.717, 1.165) is 37.8 Å². The van der Waals surface area contributed by atoms with E-state index in [0.29, 0.717) is 5.69 Å². The number of ketones is 3. The number of carboxylic acids is 3. The highest BCUT2D eigenvalue weighted by molar-refractivity contribution is 7.80.